The van der Waals surface area contributed by atoms with Crippen LogP contribution in [0, 0.1) is 5.92 Å². The van der Waals surface area contributed by atoms with E-state index in [0.717, 1.165) is 19.3 Å². The van der Waals surface area contributed by atoms with E-state index in [1.165, 1.54) is 24.3 Å². The number of amides is 1. The Morgan fingerprint density at radius 1 is 1.27 bits per heavy atom. The van der Waals surface area contributed by atoms with E-state index >= 15 is 0 Å². The van der Waals surface area contributed by atoms with E-state index in [-0.39, 0.29) is 35.1 Å². The van der Waals surface area contributed by atoms with Crippen LogP contribution in [0.15, 0.2) is 29.2 Å². The molecule has 3 N–H and O–H groups in total. The lowest BCUT2D eigenvalue weighted by molar-refractivity contribution is -0.125. The maximum Gasteiger partial charge on any atom is 0.223 e. The highest BCUT2D eigenvalue weighted by atomic mass is 35.5. The summed E-state index contributed by atoms with van der Waals surface area (Å²) in [7, 11) is -3.41. The van der Waals surface area contributed by atoms with E-state index in [2.05, 4.69) is 5.32 Å². The molecule has 122 valence electrons. The number of carbonyl (C=O) groups excluding carboxylic acids is 1. The zero-order valence-electron chi connectivity index (χ0n) is 12.3. The molecule has 1 aliphatic rings. The second-order valence-electron chi connectivity index (χ2n) is 5.69. The minimum absolute atomic E-state index is 0.0716. The van der Waals surface area contributed by atoms with Gasteiger partial charge in [0.25, 0.3) is 0 Å². The Bertz CT molecular complexity index is 616. The summed E-state index contributed by atoms with van der Waals surface area (Å²) in [5.41, 5.74) is 5.86. The van der Waals surface area contributed by atoms with Gasteiger partial charge in [0.2, 0.25) is 5.91 Å². The molecule has 0 aliphatic heterocycles. The first-order valence-electron chi connectivity index (χ1n) is 7.40. The normalized spacial score (nSPS) is 22.3. The number of rotatable bonds is 5. The van der Waals surface area contributed by atoms with E-state index < -0.39 is 9.84 Å². The van der Waals surface area contributed by atoms with Crippen molar-refractivity contribution < 1.29 is 13.2 Å². The Kier molecular flexibility index (Phi) is 5.83. The van der Waals surface area contributed by atoms with E-state index in [9.17, 15) is 13.2 Å². The zero-order valence-corrected chi connectivity index (χ0v) is 13.9. The van der Waals surface area contributed by atoms with Crippen LogP contribution < -0.4 is 11.1 Å². The highest BCUT2D eigenvalue weighted by Gasteiger charge is 2.25. The molecule has 1 amide bonds. The summed E-state index contributed by atoms with van der Waals surface area (Å²) in [5.74, 6) is -0.317. The van der Waals surface area contributed by atoms with Crippen LogP contribution in [0.2, 0.25) is 5.02 Å². The van der Waals surface area contributed by atoms with Crippen molar-refractivity contribution in [1.29, 1.82) is 0 Å². The Morgan fingerprint density at radius 3 is 2.59 bits per heavy atom. The Hall–Kier alpha value is -1.11. The van der Waals surface area contributed by atoms with Crippen molar-refractivity contribution in [3.05, 3.63) is 29.3 Å². The van der Waals surface area contributed by atoms with E-state index in [0.29, 0.717) is 11.4 Å². The number of benzene rings is 1. The molecule has 2 unspecified atom stereocenters. The topological polar surface area (TPSA) is 89.3 Å². The summed E-state index contributed by atoms with van der Waals surface area (Å²) in [6.07, 6.45) is 3.40. The van der Waals surface area contributed by atoms with Crippen LogP contribution >= 0.6 is 11.6 Å². The van der Waals surface area contributed by atoms with Crippen LogP contribution in [0.4, 0.5) is 0 Å². The van der Waals surface area contributed by atoms with Gasteiger partial charge in [-0.1, -0.05) is 18.0 Å². The number of carbonyl (C=O) groups is 1. The third-order valence-corrected chi connectivity index (χ3v) is 5.91. The largest absolute Gasteiger partial charge is 0.355 e. The molecule has 0 bridgehead atoms. The van der Waals surface area contributed by atoms with Crippen molar-refractivity contribution in [2.24, 2.45) is 11.7 Å². The lowest BCUT2D eigenvalue weighted by atomic mass is 9.85. The van der Waals surface area contributed by atoms with Gasteiger partial charge in [-0.05, 0) is 43.5 Å². The average molecular weight is 345 g/mol. The van der Waals surface area contributed by atoms with Crippen LogP contribution in [0.25, 0.3) is 0 Å². The molecule has 0 spiro atoms. The second kappa shape index (κ2) is 7.44. The van der Waals surface area contributed by atoms with Gasteiger partial charge in [0.1, 0.15) is 0 Å². The molecule has 0 aromatic heterocycles. The molecular weight excluding hydrogens is 324 g/mol. The quantitative estimate of drug-likeness (QED) is 0.851. The number of nitrogens with one attached hydrogen (secondary N) is 1. The van der Waals surface area contributed by atoms with Gasteiger partial charge in [0, 0.05) is 23.5 Å². The SMILES string of the molecule is NC1CCCC(C(=O)NCCS(=O)(=O)c2ccc(Cl)cc2)C1. The summed E-state index contributed by atoms with van der Waals surface area (Å²) in [6.45, 7) is 0.107. The maximum absolute atomic E-state index is 12.1. The van der Waals surface area contributed by atoms with Crippen molar-refractivity contribution in [3.8, 4) is 0 Å². The predicted molar refractivity (Wildman–Crippen MR) is 86.4 cm³/mol. The summed E-state index contributed by atoms with van der Waals surface area (Å²) in [6, 6.07) is 6.09. The predicted octanol–water partition coefficient (Wildman–Crippen LogP) is 1.75. The Balaban J connectivity index is 1.84. The Labute approximate surface area is 136 Å². The lowest BCUT2D eigenvalue weighted by Gasteiger charge is -2.25. The lowest BCUT2D eigenvalue weighted by Crippen LogP contribution is -2.39. The first kappa shape index (κ1) is 17.2. The number of nitrogens with two attached hydrogens (primary N) is 1. The molecule has 1 aliphatic carbocycles. The van der Waals surface area contributed by atoms with Gasteiger partial charge < -0.3 is 11.1 Å². The van der Waals surface area contributed by atoms with Gasteiger partial charge in [-0.15, -0.1) is 0 Å². The fourth-order valence-corrected chi connectivity index (χ4v) is 3.96. The zero-order chi connectivity index (χ0) is 16.2. The van der Waals surface area contributed by atoms with Gasteiger partial charge in [-0.3, -0.25) is 4.79 Å². The van der Waals surface area contributed by atoms with Crippen molar-refractivity contribution in [2.45, 2.75) is 36.6 Å². The van der Waals surface area contributed by atoms with Crippen LogP contribution in [-0.2, 0) is 14.6 Å². The number of hydrogen-bond donors (Lipinski definition) is 2. The van der Waals surface area contributed by atoms with E-state index in [1.807, 2.05) is 0 Å². The van der Waals surface area contributed by atoms with Gasteiger partial charge in [-0.2, -0.15) is 0 Å². The van der Waals surface area contributed by atoms with E-state index in [1.54, 1.807) is 0 Å². The monoisotopic (exact) mass is 344 g/mol. The fraction of sp³-hybridized carbons (Fsp3) is 0.533. The molecule has 2 atom stereocenters. The van der Waals surface area contributed by atoms with Crippen molar-refractivity contribution in [3.63, 3.8) is 0 Å². The van der Waals surface area contributed by atoms with Crippen molar-refractivity contribution in [2.75, 3.05) is 12.3 Å². The standard InChI is InChI=1S/C15H21ClN2O3S/c16-12-4-6-14(7-5-12)22(20,21)9-8-18-15(19)11-2-1-3-13(17)10-11/h4-7,11,13H,1-3,8-10,17H2,(H,18,19). The molecule has 0 radical (unpaired) electrons. The summed E-state index contributed by atoms with van der Waals surface area (Å²) < 4.78 is 24.3. The molecule has 1 saturated carbocycles. The maximum atomic E-state index is 12.1. The third kappa shape index (κ3) is 4.69. The summed E-state index contributed by atoms with van der Waals surface area (Å²) in [4.78, 5) is 12.2. The van der Waals surface area contributed by atoms with Crippen molar-refractivity contribution >= 4 is 27.3 Å². The molecule has 0 heterocycles. The number of sulfone groups is 1. The molecule has 7 heteroatoms. The molecular formula is C15H21ClN2O3S. The summed E-state index contributed by atoms with van der Waals surface area (Å²) >= 11 is 5.74. The molecule has 0 saturated heterocycles. The highest BCUT2D eigenvalue weighted by molar-refractivity contribution is 7.91. The van der Waals surface area contributed by atoms with Crippen LogP contribution in [0.1, 0.15) is 25.7 Å². The average Bonchev–Trinajstić information content (AvgIpc) is 2.47. The molecule has 1 aromatic carbocycles. The molecule has 5 nitrogen and oxygen atoms in total. The van der Waals surface area contributed by atoms with Gasteiger partial charge in [-0.25, -0.2) is 8.42 Å². The van der Waals surface area contributed by atoms with Gasteiger partial charge in [0.15, 0.2) is 9.84 Å². The van der Waals surface area contributed by atoms with Crippen LogP contribution in [0.3, 0.4) is 0 Å². The first-order chi connectivity index (χ1) is 10.4. The smallest absolute Gasteiger partial charge is 0.223 e. The van der Waals surface area contributed by atoms with Crippen molar-refractivity contribution in [1.82, 2.24) is 5.32 Å². The number of hydrogen-bond acceptors (Lipinski definition) is 4. The van der Waals surface area contributed by atoms with Gasteiger partial charge >= 0.3 is 0 Å². The second-order valence-corrected chi connectivity index (χ2v) is 8.23. The minimum Gasteiger partial charge on any atom is -0.355 e. The first-order valence-corrected chi connectivity index (χ1v) is 9.43. The minimum atomic E-state index is -3.41. The fourth-order valence-electron chi connectivity index (χ4n) is 2.68. The van der Waals surface area contributed by atoms with E-state index in [4.69, 9.17) is 17.3 Å². The Morgan fingerprint density at radius 2 is 1.95 bits per heavy atom. The molecule has 22 heavy (non-hydrogen) atoms. The molecule has 1 fully saturated rings. The third-order valence-electron chi connectivity index (χ3n) is 3.93. The summed E-state index contributed by atoms with van der Waals surface area (Å²) in [5, 5.41) is 3.20. The number of halogens is 1. The molecule has 1 aromatic rings. The molecule has 2 rings (SSSR count). The van der Waals surface area contributed by atoms with Crippen LogP contribution in [0.5, 0.6) is 0 Å². The highest BCUT2D eigenvalue weighted by Crippen LogP contribution is 2.23. The van der Waals surface area contributed by atoms with Crippen LogP contribution in [-0.4, -0.2) is 32.7 Å². The van der Waals surface area contributed by atoms with Gasteiger partial charge in [0.05, 0.1) is 10.6 Å².